The van der Waals surface area contributed by atoms with E-state index in [2.05, 4.69) is 39.7 Å². The lowest BCUT2D eigenvalue weighted by Gasteiger charge is -2.18. The summed E-state index contributed by atoms with van der Waals surface area (Å²) in [5, 5.41) is 16.8. The molecule has 1 aromatic carbocycles. The Kier molecular flexibility index (Phi) is 9.33. The number of nitrogens with zero attached hydrogens (tertiary/aromatic N) is 2. The Morgan fingerprint density at radius 3 is 2.42 bits per heavy atom. The number of aliphatic hydroxyl groups is 1. The van der Waals surface area contributed by atoms with Crippen LogP contribution in [0.1, 0.15) is 37.1 Å². The number of guanidine groups is 1. The summed E-state index contributed by atoms with van der Waals surface area (Å²) in [5.74, 6) is 0.692. The van der Waals surface area contributed by atoms with E-state index >= 15 is 0 Å². The van der Waals surface area contributed by atoms with Gasteiger partial charge < -0.3 is 15.7 Å². The van der Waals surface area contributed by atoms with Crippen molar-refractivity contribution in [2.24, 2.45) is 4.99 Å². The number of aromatic nitrogens is 1. The van der Waals surface area contributed by atoms with Crippen LogP contribution >= 0.6 is 24.0 Å². The zero-order valence-electron chi connectivity index (χ0n) is 14.0. The molecule has 0 radical (unpaired) electrons. The number of halogens is 1. The number of benzene rings is 1. The van der Waals surface area contributed by atoms with Gasteiger partial charge >= 0.3 is 0 Å². The Bertz CT molecular complexity index is 607. The molecule has 130 valence electrons. The van der Waals surface area contributed by atoms with Gasteiger partial charge in [-0.25, -0.2) is 0 Å². The highest BCUT2D eigenvalue weighted by Crippen LogP contribution is 2.12. The van der Waals surface area contributed by atoms with E-state index in [4.69, 9.17) is 0 Å². The van der Waals surface area contributed by atoms with Crippen molar-refractivity contribution in [1.29, 1.82) is 0 Å². The van der Waals surface area contributed by atoms with Gasteiger partial charge in [0, 0.05) is 18.9 Å². The number of hydrogen-bond acceptors (Lipinski definition) is 3. The second-order valence-corrected chi connectivity index (χ2v) is 5.29. The van der Waals surface area contributed by atoms with Gasteiger partial charge in [0.1, 0.15) is 0 Å². The maximum Gasteiger partial charge on any atom is 0.191 e. The van der Waals surface area contributed by atoms with Crippen LogP contribution in [0.3, 0.4) is 0 Å². The Morgan fingerprint density at radius 1 is 1.12 bits per heavy atom. The van der Waals surface area contributed by atoms with Crippen molar-refractivity contribution < 1.29 is 5.11 Å². The van der Waals surface area contributed by atoms with E-state index in [-0.39, 0.29) is 30.0 Å². The molecular weight excluding hydrogens is 415 g/mol. The topological polar surface area (TPSA) is 69.5 Å². The summed E-state index contributed by atoms with van der Waals surface area (Å²) in [6.45, 7) is 5.16. The van der Waals surface area contributed by atoms with Gasteiger partial charge in [0.15, 0.2) is 5.96 Å². The Labute approximate surface area is 160 Å². The molecule has 3 N–H and O–H groups in total. The summed E-state index contributed by atoms with van der Waals surface area (Å²) < 4.78 is 0. The van der Waals surface area contributed by atoms with E-state index < -0.39 is 6.10 Å². The van der Waals surface area contributed by atoms with E-state index in [1.165, 1.54) is 5.56 Å². The van der Waals surface area contributed by atoms with Gasteiger partial charge in [0.2, 0.25) is 0 Å². The van der Waals surface area contributed by atoms with E-state index in [1.807, 2.05) is 25.1 Å². The van der Waals surface area contributed by atoms with Crippen molar-refractivity contribution in [3.63, 3.8) is 0 Å². The third kappa shape index (κ3) is 6.45. The van der Waals surface area contributed by atoms with Gasteiger partial charge in [0.25, 0.3) is 0 Å². The molecule has 2 rings (SSSR count). The molecule has 0 saturated heterocycles. The van der Waals surface area contributed by atoms with Crippen LogP contribution in [0, 0.1) is 0 Å². The van der Waals surface area contributed by atoms with Crippen molar-refractivity contribution in [3.05, 3.63) is 66.0 Å². The number of aliphatic imine (C=N–C) groups is 1. The van der Waals surface area contributed by atoms with Crippen LogP contribution in [0.4, 0.5) is 0 Å². The fraction of sp³-hybridized carbons (Fsp3) is 0.333. The van der Waals surface area contributed by atoms with Crippen LogP contribution in [0.25, 0.3) is 0 Å². The van der Waals surface area contributed by atoms with Crippen molar-refractivity contribution in [2.45, 2.75) is 26.0 Å². The minimum atomic E-state index is -0.638. The average molecular weight is 440 g/mol. The fourth-order valence-electron chi connectivity index (χ4n) is 2.22. The van der Waals surface area contributed by atoms with Crippen molar-refractivity contribution in [2.75, 3.05) is 13.1 Å². The standard InChI is InChI=1S/C18H24N4O.HI/c1-3-20-18(22-14(2)15-7-5-4-6-8-15)21-13-17(23)16-9-11-19-12-10-16;/h4-12,14,17,23H,3,13H2,1-2H3,(H2,20,21,22);1H. The maximum atomic E-state index is 10.2. The molecule has 24 heavy (non-hydrogen) atoms. The summed E-state index contributed by atoms with van der Waals surface area (Å²) in [6.07, 6.45) is 2.70. The minimum absolute atomic E-state index is 0. The summed E-state index contributed by atoms with van der Waals surface area (Å²) >= 11 is 0. The quantitative estimate of drug-likeness (QED) is 0.367. The van der Waals surface area contributed by atoms with Crippen LogP contribution in [-0.4, -0.2) is 29.1 Å². The van der Waals surface area contributed by atoms with Crippen molar-refractivity contribution in [3.8, 4) is 0 Å². The maximum absolute atomic E-state index is 10.2. The summed E-state index contributed by atoms with van der Waals surface area (Å²) in [6, 6.07) is 13.9. The van der Waals surface area contributed by atoms with Gasteiger partial charge in [0.05, 0.1) is 18.7 Å². The first-order valence-electron chi connectivity index (χ1n) is 7.88. The monoisotopic (exact) mass is 440 g/mol. The first kappa shape index (κ1) is 20.4. The number of pyridine rings is 1. The van der Waals surface area contributed by atoms with E-state index in [0.29, 0.717) is 12.5 Å². The minimum Gasteiger partial charge on any atom is -0.386 e. The zero-order chi connectivity index (χ0) is 16.5. The van der Waals surface area contributed by atoms with Crippen LogP contribution in [0.15, 0.2) is 59.9 Å². The summed E-state index contributed by atoms with van der Waals surface area (Å²) in [7, 11) is 0. The van der Waals surface area contributed by atoms with Crippen molar-refractivity contribution in [1.82, 2.24) is 15.6 Å². The van der Waals surface area contributed by atoms with E-state index in [9.17, 15) is 5.11 Å². The molecular formula is C18H25IN4O. The Hall–Kier alpha value is -1.67. The molecule has 0 bridgehead atoms. The van der Waals surface area contributed by atoms with Crippen LogP contribution in [-0.2, 0) is 0 Å². The second kappa shape index (κ2) is 11.0. The highest BCUT2D eigenvalue weighted by molar-refractivity contribution is 14.0. The number of aliphatic hydroxyl groups excluding tert-OH is 1. The molecule has 2 unspecified atom stereocenters. The summed E-state index contributed by atoms with van der Waals surface area (Å²) in [5.41, 5.74) is 2.00. The summed E-state index contributed by atoms with van der Waals surface area (Å²) in [4.78, 5) is 8.43. The van der Waals surface area contributed by atoms with Crippen LogP contribution < -0.4 is 10.6 Å². The molecule has 0 fully saturated rings. The van der Waals surface area contributed by atoms with E-state index in [1.54, 1.807) is 24.5 Å². The molecule has 0 saturated carbocycles. The largest absolute Gasteiger partial charge is 0.386 e. The Morgan fingerprint density at radius 2 is 1.79 bits per heavy atom. The molecule has 0 aliphatic carbocycles. The number of nitrogens with one attached hydrogen (secondary N) is 2. The van der Waals surface area contributed by atoms with Gasteiger partial charge in [-0.2, -0.15) is 0 Å². The third-order valence-corrected chi connectivity index (χ3v) is 3.51. The first-order chi connectivity index (χ1) is 11.2. The van der Waals surface area contributed by atoms with Gasteiger partial charge in [-0.3, -0.25) is 9.98 Å². The molecule has 0 aliphatic rings. The lowest BCUT2D eigenvalue weighted by atomic mass is 10.1. The SMILES string of the molecule is CCNC(=NCC(O)c1ccncc1)NC(C)c1ccccc1.I. The van der Waals surface area contributed by atoms with E-state index in [0.717, 1.165) is 12.1 Å². The predicted molar refractivity (Wildman–Crippen MR) is 109 cm³/mol. The molecule has 2 aromatic rings. The molecule has 5 nitrogen and oxygen atoms in total. The lowest BCUT2D eigenvalue weighted by Crippen LogP contribution is -2.39. The molecule has 1 heterocycles. The normalized spacial score (nSPS) is 13.5. The van der Waals surface area contributed by atoms with Gasteiger partial charge in [-0.1, -0.05) is 30.3 Å². The van der Waals surface area contributed by atoms with Crippen LogP contribution in [0.5, 0.6) is 0 Å². The predicted octanol–water partition coefficient (Wildman–Crippen LogP) is 3.05. The molecule has 2 atom stereocenters. The number of hydrogen-bond donors (Lipinski definition) is 3. The smallest absolute Gasteiger partial charge is 0.191 e. The molecule has 1 aromatic heterocycles. The van der Waals surface area contributed by atoms with Crippen LogP contribution in [0.2, 0.25) is 0 Å². The molecule has 0 amide bonds. The molecule has 0 aliphatic heterocycles. The first-order valence-corrected chi connectivity index (χ1v) is 7.88. The molecule has 0 spiro atoms. The third-order valence-electron chi connectivity index (χ3n) is 3.51. The van der Waals surface area contributed by atoms with Gasteiger partial charge in [-0.15, -0.1) is 24.0 Å². The Balaban J connectivity index is 0.00000288. The fourth-order valence-corrected chi connectivity index (χ4v) is 2.22. The molecule has 6 heteroatoms. The highest BCUT2D eigenvalue weighted by atomic mass is 127. The highest BCUT2D eigenvalue weighted by Gasteiger charge is 2.09. The zero-order valence-corrected chi connectivity index (χ0v) is 16.3. The average Bonchev–Trinajstić information content (AvgIpc) is 2.61. The number of rotatable bonds is 6. The van der Waals surface area contributed by atoms with Crippen molar-refractivity contribution >= 4 is 29.9 Å². The second-order valence-electron chi connectivity index (χ2n) is 5.29. The lowest BCUT2D eigenvalue weighted by molar-refractivity contribution is 0.187. The van der Waals surface area contributed by atoms with Gasteiger partial charge in [-0.05, 0) is 37.1 Å².